The molecule has 8 heteroatoms. The van der Waals surface area contributed by atoms with Crippen molar-refractivity contribution in [1.29, 1.82) is 5.26 Å². The average molecular weight is 317 g/mol. The molecule has 0 N–H and O–H groups in total. The molecule has 20 heavy (non-hydrogen) atoms. The third-order valence-electron chi connectivity index (χ3n) is 2.41. The van der Waals surface area contributed by atoms with Gasteiger partial charge in [0.15, 0.2) is 0 Å². The molecule has 0 atom stereocenters. The van der Waals surface area contributed by atoms with Crippen molar-refractivity contribution >= 4 is 27.6 Å². The van der Waals surface area contributed by atoms with Crippen molar-refractivity contribution in [2.24, 2.45) is 0 Å². The highest BCUT2D eigenvalue weighted by Crippen LogP contribution is 2.23. The molecule has 0 radical (unpaired) electrons. The highest BCUT2D eigenvalue weighted by Gasteiger charge is 2.26. The molecule has 1 aromatic carbocycles. The number of esters is 1. The van der Waals surface area contributed by atoms with E-state index in [0.29, 0.717) is 0 Å². The number of ether oxygens (including phenoxy) is 1. The molecular formula is C12H13ClN2O4S. The van der Waals surface area contributed by atoms with E-state index in [1.54, 1.807) is 13.0 Å². The van der Waals surface area contributed by atoms with E-state index in [0.717, 1.165) is 4.31 Å². The Hall–Kier alpha value is -1.62. The fourth-order valence-corrected chi connectivity index (χ4v) is 2.96. The molecule has 0 fully saturated rings. The summed E-state index contributed by atoms with van der Waals surface area (Å²) in [6.07, 6.45) is 0. The van der Waals surface area contributed by atoms with Crippen LogP contribution >= 0.6 is 11.6 Å². The van der Waals surface area contributed by atoms with Gasteiger partial charge in [0.1, 0.15) is 17.5 Å². The number of halogens is 1. The minimum absolute atomic E-state index is 0.0369. The monoisotopic (exact) mass is 316 g/mol. The highest BCUT2D eigenvalue weighted by atomic mass is 35.5. The van der Waals surface area contributed by atoms with Gasteiger partial charge < -0.3 is 4.74 Å². The summed E-state index contributed by atoms with van der Waals surface area (Å²) in [6.45, 7) is 1.35. The largest absolute Gasteiger partial charge is 0.465 e. The molecule has 108 valence electrons. The van der Waals surface area contributed by atoms with E-state index in [2.05, 4.69) is 4.74 Å². The van der Waals surface area contributed by atoms with E-state index in [9.17, 15) is 13.2 Å². The van der Waals surface area contributed by atoms with Gasteiger partial charge in [-0.05, 0) is 25.1 Å². The van der Waals surface area contributed by atoms with Crippen LogP contribution in [0, 0.1) is 11.3 Å². The predicted octanol–water partition coefficient (Wildman–Crippen LogP) is 1.40. The zero-order valence-electron chi connectivity index (χ0n) is 11.0. The van der Waals surface area contributed by atoms with Crippen LogP contribution < -0.4 is 0 Å². The highest BCUT2D eigenvalue weighted by molar-refractivity contribution is 7.89. The maximum Gasteiger partial charge on any atom is 0.321 e. The van der Waals surface area contributed by atoms with E-state index >= 15 is 0 Å². The maximum atomic E-state index is 12.3. The first-order chi connectivity index (χ1) is 9.32. The summed E-state index contributed by atoms with van der Waals surface area (Å²) >= 11 is 5.76. The summed E-state index contributed by atoms with van der Waals surface area (Å²) in [4.78, 5) is 11.1. The number of nitriles is 1. The summed E-state index contributed by atoms with van der Waals surface area (Å²) in [5.41, 5.74) is -0.0369. The predicted molar refractivity (Wildman–Crippen MR) is 72.6 cm³/mol. The standard InChI is InChI=1S/C12H13ClN2O4S/c1-3-19-12(16)8-15(2)20(17,18)11-6-10(13)5-4-9(11)7-14/h4-6H,3,8H2,1-2H3. The number of hydrogen-bond acceptors (Lipinski definition) is 5. The second-order valence-electron chi connectivity index (χ2n) is 3.82. The van der Waals surface area contributed by atoms with Crippen molar-refractivity contribution in [3.63, 3.8) is 0 Å². The Morgan fingerprint density at radius 1 is 1.50 bits per heavy atom. The average Bonchev–Trinajstić information content (AvgIpc) is 2.38. The molecule has 0 amide bonds. The molecule has 6 nitrogen and oxygen atoms in total. The van der Waals surface area contributed by atoms with Gasteiger partial charge in [-0.1, -0.05) is 11.6 Å². The lowest BCUT2D eigenvalue weighted by Crippen LogP contribution is -2.33. The summed E-state index contributed by atoms with van der Waals surface area (Å²) in [7, 11) is -2.76. The number of likely N-dealkylation sites (N-methyl/N-ethyl adjacent to an activating group) is 1. The van der Waals surface area contributed by atoms with E-state index < -0.39 is 22.5 Å². The van der Waals surface area contributed by atoms with Crippen LogP contribution in [0.15, 0.2) is 23.1 Å². The van der Waals surface area contributed by atoms with Gasteiger partial charge >= 0.3 is 5.97 Å². The fourth-order valence-electron chi connectivity index (χ4n) is 1.44. The van der Waals surface area contributed by atoms with Gasteiger partial charge in [0.2, 0.25) is 10.0 Å². The number of sulfonamides is 1. The minimum Gasteiger partial charge on any atom is -0.465 e. The first-order valence-electron chi connectivity index (χ1n) is 5.64. The van der Waals surface area contributed by atoms with Gasteiger partial charge in [-0.15, -0.1) is 0 Å². The molecule has 0 unspecified atom stereocenters. The second kappa shape index (κ2) is 6.70. The summed E-state index contributed by atoms with van der Waals surface area (Å²) in [5, 5.41) is 9.14. The van der Waals surface area contributed by atoms with Gasteiger partial charge in [0.05, 0.1) is 12.2 Å². The third-order valence-corrected chi connectivity index (χ3v) is 4.49. The summed E-state index contributed by atoms with van der Waals surface area (Å²) in [6, 6.07) is 5.69. The summed E-state index contributed by atoms with van der Waals surface area (Å²) < 4.78 is 30.1. The van der Waals surface area contributed by atoms with Crippen LogP contribution in [0.4, 0.5) is 0 Å². The van der Waals surface area contributed by atoms with Gasteiger partial charge in [-0.3, -0.25) is 4.79 Å². The normalized spacial score (nSPS) is 11.2. The molecule has 0 heterocycles. The van der Waals surface area contributed by atoms with Crippen molar-refractivity contribution in [3.8, 4) is 6.07 Å². The van der Waals surface area contributed by atoms with Gasteiger partial charge in [0.25, 0.3) is 0 Å². The van der Waals surface area contributed by atoms with Crippen LogP contribution in [0.5, 0.6) is 0 Å². The Morgan fingerprint density at radius 2 is 2.15 bits per heavy atom. The zero-order valence-corrected chi connectivity index (χ0v) is 12.5. The molecule has 0 aliphatic carbocycles. The Morgan fingerprint density at radius 3 is 2.70 bits per heavy atom. The third kappa shape index (κ3) is 3.70. The molecule has 0 aliphatic rings. The lowest BCUT2D eigenvalue weighted by atomic mass is 10.2. The van der Waals surface area contributed by atoms with Crippen LogP contribution in [-0.4, -0.2) is 38.9 Å². The molecule has 1 rings (SSSR count). The fraction of sp³-hybridized carbons (Fsp3) is 0.333. The van der Waals surface area contributed by atoms with Crippen molar-refractivity contribution in [1.82, 2.24) is 4.31 Å². The van der Waals surface area contributed by atoms with E-state index in [1.165, 1.54) is 25.2 Å². The minimum atomic E-state index is -3.99. The molecule has 0 aromatic heterocycles. The molecule has 0 saturated heterocycles. The Kier molecular flexibility index (Phi) is 5.51. The molecule has 0 saturated carbocycles. The Labute approximate surface area is 122 Å². The second-order valence-corrected chi connectivity index (χ2v) is 6.27. The van der Waals surface area contributed by atoms with Crippen molar-refractivity contribution in [3.05, 3.63) is 28.8 Å². The van der Waals surface area contributed by atoms with Gasteiger partial charge in [-0.25, -0.2) is 8.42 Å². The topological polar surface area (TPSA) is 87.5 Å². The SMILES string of the molecule is CCOC(=O)CN(C)S(=O)(=O)c1cc(Cl)ccc1C#N. The molecule has 0 spiro atoms. The Bertz CT molecular complexity index is 652. The number of rotatable bonds is 5. The lowest BCUT2D eigenvalue weighted by Gasteiger charge is -2.17. The van der Waals surface area contributed by atoms with E-state index in [-0.39, 0.29) is 22.1 Å². The van der Waals surface area contributed by atoms with Crippen molar-refractivity contribution in [2.45, 2.75) is 11.8 Å². The van der Waals surface area contributed by atoms with E-state index in [4.69, 9.17) is 16.9 Å². The first kappa shape index (κ1) is 16.4. The number of benzene rings is 1. The summed E-state index contributed by atoms with van der Waals surface area (Å²) in [5.74, 6) is -0.667. The lowest BCUT2D eigenvalue weighted by molar-refractivity contribution is -0.143. The number of carbonyl (C=O) groups is 1. The van der Waals surface area contributed by atoms with Crippen LogP contribution in [0.1, 0.15) is 12.5 Å². The van der Waals surface area contributed by atoms with Crippen LogP contribution in [0.3, 0.4) is 0 Å². The number of carbonyl (C=O) groups excluding carboxylic acids is 1. The molecular weight excluding hydrogens is 304 g/mol. The van der Waals surface area contributed by atoms with Crippen LogP contribution in [0.25, 0.3) is 0 Å². The molecule has 0 aliphatic heterocycles. The first-order valence-corrected chi connectivity index (χ1v) is 7.46. The van der Waals surface area contributed by atoms with Crippen LogP contribution in [0.2, 0.25) is 5.02 Å². The molecule has 0 bridgehead atoms. The van der Waals surface area contributed by atoms with Gasteiger partial charge in [-0.2, -0.15) is 9.57 Å². The van der Waals surface area contributed by atoms with Gasteiger partial charge in [0, 0.05) is 12.1 Å². The quantitative estimate of drug-likeness (QED) is 0.766. The van der Waals surface area contributed by atoms with Crippen molar-refractivity contribution in [2.75, 3.05) is 20.2 Å². The van der Waals surface area contributed by atoms with E-state index in [1.807, 2.05) is 0 Å². The smallest absolute Gasteiger partial charge is 0.321 e. The number of hydrogen-bond donors (Lipinski definition) is 0. The molecule has 1 aromatic rings. The Balaban J connectivity index is 3.14. The maximum absolute atomic E-state index is 12.3. The van der Waals surface area contributed by atoms with Crippen molar-refractivity contribution < 1.29 is 17.9 Å². The zero-order chi connectivity index (χ0) is 15.3. The number of nitrogens with zero attached hydrogens (tertiary/aromatic N) is 2. The van der Waals surface area contributed by atoms with Crippen LogP contribution in [-0.2, 0) is 19.6 Å².